The van der Waals surface area contributed by atoms with Crippen molar-refractivity contribution in [1.82, 2.24) is 4.98 Å². The first kappa shape index (κ1) is 16.5. The molecule has 1 aromatic heterocycles. The molecule has 0 fully saturated rings. The highest BCUT2D eigenvalue weighted by Crippen LogP contribution is 2.33. The number of rotatable bonds is 5. The molecule has 0 aliphatic heterocycles. The van der Waals surface area contributed by atoms with Gasteiger partial charge >= 0.3 is 6.18 Å². The van der Waals surface area contributed by atoms with E-state index >= 15 is 0 Å². The Kier molecular flexibility index (Phi) is 5.58. The zero-order valence-corrected chi connectivity index (χ0v) is 10.7. The van der Waals surface area contributed by atoms with Crippen LogP contribution >= 0.6 is 11.6 Å². The zero-order chi connectivity index (χ0) is 15.3. The summed E-state index contributed by atoms with van der Waals surface area (Å²) in [6, 6.07) is 0.622. The van der Waals surface area contributed by atoms with Crippen molar-refractivity contribution in [2.24, 2.45) is 5.11 Å². The van der Waals surface area contributed by atoms with Crippen LogP contribution in [0.4, 0.5) is 13.2 Å². The lowest BCUT2D eigenvalue weighted by molar-refractivity contribution is -0.138. The fraction of sp³-hybridized carbons (Fsp3) is 0.500. The fourth-order valence-electron chi connectivity index (χ4n) is 1.43. The van der Waals surface area contributed by atoms with Gasteiger partial charge in [0, 0.05) is 23.2 Å². The predicted octanol–water partition coefficient (Wildman–Crippen LogP) is 2.85. The van der Waals surface area contributed by atoms with Gasteiger partial charge < -0.3 is 10.2 Å². The zero-order valence-electron chi connectivity index (χ0n) is 9.92. The molecule has 2 unspecified atom stereocenters. The van der Waals surface area contributed by atoms with Crippen LogP contribution < -0.4 is 0 Å². The summed E-state index contributed by atoms with van der Waals surface area (Å²) in [5, 5.41) is 22.2. The van der Waals surface area contributed by atoms with E-state index in [0.717, 1.165) is 0 Å². The van der Waals surface area contributed by atoms with E-state index in [1.807, 2.05) is 0 Å². The molecule has 0 radical (unpaired) electrons. The van der Waals surface area contributed by atoms with Crippen molar-refractivity contribution in [2.45, 2.75) is 24.8 Å². The third-order valence-electron chi connectivity index (χ3n) is 2.46. The van der Waals surface area contributed by atoms with Crippen LogP contribution in [0.2, 0.25) is 5.15 Å². The van der Waals surface area contributed by atoms with Gasteiger partial charge in [0.25, 0.3) is 0 Å². The van der Waals surface area contributed by atoms with Crippen molar-refractivity contribution in [2.75, 3.05) is 6.54 Å². The number of nitrogens with zero attached hydrogens (tertiary/aromatic N) is 4. The van der Waals surface area contributed by atoms with E-state index in [2.05, 4.69) is 15.0 Å². The van der Waals surface area contributed by atoms with Crippen molar-refractivity contribution in [3.63, 3.8) is 0 Å². The lowest BCUT2D eigenvalue weighted by atomic mass is 10.0. The molecule has 110 valence electrons. The maximum absolute atomic E-state index is 12.5. The number of pyridine rings is 1. The summed E-state index contributed by atoms with van der Waals surface area (Å²) in [4.78, 5) is 5.79. The minimum Gasteiger partial charge on any atom is -0.390 e. The first-order chi connectivity index (χ1) is 9.27. The van der Waals surface area contributed by atoms with Crippen LogP contribution in [-0.2, 0) is 6.18 Å². The number of azide groups is 1. The van der Waals surface area contributed by atoms with E-state index in [9.17, 15) is 23.4 Å². The predicted molar refractivity (Wildman–Crippen MR) is 63.8 cm³/mol. The Morgan fingerprint density at radius 2 is 2.10 bits per heavy atom. The van der Waals surface area contributed by atoms with Gasteiger partial charge in [-0.25, -0.2) is 4.98 Å². The van der Waals surface area contributed by atoms with Crippen LogP contribution in [0.25, 0.3) is 10.4 Å². The van der Waals surface area contributed by atoms with Crippen LogP contribution in [0.5, 0.6) is 0 Å². The third kappa shape index (κ3) is 4.24. The van der Waals surface area contributed by atoms with E-state index in [0.29, 0.717) is 12.3 Å². The van der Waals surface area contributed by atoms with Crippen molar-refractivity contribution in [1.29, 1.82) is 0 Å². The number of aliphatic hydroxyl groups is 2. The molecule has 0 saturated carbocycles. The minimum absolute atomic E-state index is 0.112. The average molecular weight is 311 g/mol. The molecule has 1 rings (SSSR count). The van der Waals surface area contributed by atoms with Crippen molar-refractivity contribution in [3.05, 3.63) is 39.0 Å². The summed E-state index contributed by atoms with van der Waals surface area (Å²) in [5.41, 5.74) is 6.64. The third-order valence-corrected chi connectivity index (χ3v) is 2.78. The molecule has 1 heterocycles. The first-order valence-corrected chi connectivity index (χ1v) is 5.74. The highest BCUT2D eigenvalue weighted by molar-refractivity contribution is 6.30. The molecular weight excluding hydrogens is 301 g/mol. The van der Waals surface area contributed by atoms with Crippen LogP contribution in [0.15, 0.2) is 17.4 Å². The molecule has 2 N–H and O–H groups in total. The van der Waals surface area contributed by atoms with E-state index in [4.69, 9.17) is 17.1 Å². The standard InChI is InChI=1S/C10H10ClF3N4O2/c11-9-6(3-5(4-16-9)10(12,13)14)8(20)7(19)1-2-17-18-15/h3-4,7-8,19-20H,1-2H2. The number of aliphatic hydroxyl groups excluding tert-OH is 2. The lowest BCUT2D eigenvalue weighted by Gasteiger charge is -2.19. The SMILES string of the molecule is [N-]=[N+]=NCCC(O)C(O)c1cc(C(F)(F)F)cnc1Cl. The van der Waals surface area contributed by atoms with Gasteiger partial charge in [0.1, 0.15) is 11.3 Å². The van der Waals surface area contributed by atoms with E-state index in [1.54, 1.807) is 0 Å². The molecule has 0 bridgehead atoms. The van der Waals surface area contributed by atoms with Gasteiger partial charge in [-0.1, -0.05) is 16.7 Å². The van der Waals surface area contributed by atoms with Crippen molar-refractivity contribution < 1.29 is 23.4 Å². The smallest absolute Gasteiger partial charge is 0.390 e. The molecule has 0 spiro atoms. The molecule has 6 nitrogen and oxygen atoms in total. The number of aromatic nitrogens is 1. The quantitative estimate of drug-likeness (QED) is 0.378. The van der Waals surface area contributed by atoms with Crippen LogP contribution in [0.3, 0.4) is 0 Å². The first-order valence-electron chi connectivity index (χ1n) is 5.37. The molecule has 20 heavy (non-hydrogen) atoms. The van der Waals surface area contributed by atoms with Crippen LogP contribution in [0, 0.1) is 0 Å². The van der Waals surface area contributed by atoms with Gasteiger partial charge in [-0.2, -0.15) is 13.2 Å². The fourth-order valence-corrected chi connectivity index (χ4v) is 1.64. The van der Waals surface area contributed by atoms with Gasteiger partial charge in [-0.15, -0.1) is 0 Å². The summed E-state index contributed by atoms with van der Waals surface area (Å²) >= 11 is 5.62. The summed E-state index contributed by atoms with van der Waals surface area (Å²) < 4.78 is 37.6. The molecule has 2 atom stereocenters. The van der Waals surface area contributed by atoms with Gasteiger partial charge in [-0.3, -0.25) is 0 Å². The number of halogens is 4. The summed E-state index contributed by atoms with van der Waals surface area (Å²) in [6.07, 6.45) is -7.32. The second kappa shape index (κ2) is 6.76. The van der Waals surface area contributed by atoms with Crippen molar-refractivity contribution in [3.8, 4) is 0 Å². The second-order valence-corrected chi connectivity index (χ2v) is 4.22. The van der Waals surface area contributed by atoms with E-state index < -0.39 is 23.9 Å². The average Bonchev–Trinajstić information content (AvgIpc) is 2.37. The Bertz CT molecular complexity index is 520. The van der Waals surface area contributed by atoms with Gasteiger partial charge in [-0.05, 0) is 18.0 Å². The Labute approximate surface area is 116 Å². The molecule has 0 aliphatic carbocycles. The molecule has 1 aromatic rings. The molecule has 10 heteroatoms. The second-order valence-electron chi connectivity index (χ2n) is 3.86. The van der Waals surface area contributed by atoms with Gasteiger partial charge in [0.05, 0.1) is 11.7 Å². The van der Waals surface area contributed by atoms with Gasteiger partial charge in [0.15, 0.2) is 0 Å². The normalized spacial score (nSPS) is 14.5. The molecule has 0 aliphatic rings. The Morgan fingerprint density at radius 3 is 2.65 bits per heavy atom. The number of hydrogen-bond donors (Lipinski definition) is 2. The summed E-state index contributed by atoms with van der Waals surface area (Å²) in [5.74, 6) is 0. The molecule has 0 aromatic carbocycles. The van der Waals surface area contributed by atoms with Gasteiger partial charge in [0.2, 0.25) is 0 Å². The maximum atomic E-state index is 12.5. The lowest BCUT2D eigenvalue weighted by Crippen LogP contribution is -2.20. The minimum atomic E-state index is -4.64. The van der Waals surface area contributed by atoms with Crippen LogP contribution in [0.1, 0.15) is 23.7 Å². The topological polar surface area (TPSA) is 102 Å². The molecule has 0 saturated heterocycles. The summed E-state index contributed by atoms with van der Waals surface area (Å²) in [6.45, 7) is -0.112. The molecular formula is C10H10ClF3N4O2. The highest BCUT2D eigenvalue weighted by Gasteiger charge is 2.33. The largest absolute Gasteiger partial charge is 0.417 e. The molecule has 0 amide bonds. The Morgan fingerprint density at radius 1 is 1.45 bits per heavy atom. The van der Waals surface area contributed by atoms with Crippen LogP contribution in [-0.4, -0.2) is 27.8 Å². The Balaban J connectivity index is 2.96. The maximum Gasteiger partial charge on any atom is 0.417 e. The summed E-state index contributed by atoms with van der Waals surface area (Å²) in [7, 11) is 0. The van der Waals surface area contributed by atoms with E-state index in [1.165, 1.54) is 0 Å². The van der Waals surface area contributed by atoms with E-state index in [-0.39, 0.29) is 23.7 Å². The highest BCUT2D eigenvalue weighted by atomic mass is 35.5. The Hall–Kier alpha value is -1.54. The van der Waals surface area contributed by atoms with Crippen molar-refractivity contribution >= 4 is 11.6 Å². The number of alkyl halides is 3. The number of hydrogen-bond acceptors (Lipinski definition) is 4. The monoisotopic (exact) mass is 310 g/mol.